The summed E-state index contributed by atoms with van der Waals surface area (Å²) in [6, 6.07) is 0. The third-order valence-corrected chi connectivity index (χ3v) is 1.43. The second-order valence-corrected chi connectivity index (χ2v) is 2.32. The number of aromatic nitrogens is 4. The maximum Gasteiger partial charge on any atom is 0.243 e. The van der Waals surface area contributed by atoms with Crippen LogP contribution in [0.3, 0.4) is 0 Å². The van der Waals surface area contributed by atoms with E-state index in [2.05, 4.69) is 19.9 Å². The normalized spacial score (nSPS) is 10.4. The van der Waals surface area contributed by atoms with Crippen molar-refractivity contribution in [3.05, 3.63) is 18.2 Å². The molecule has 0 aliphatic carbocycles. The van der Waals surface area contributed by atoms with E-state index in [0.717, 1.165) is 0 Å². The molecule has 2 rings (SSSR count). The lowest BCUT2D eigenvalue weighted by molar-refractivity contribution is 0.456. The molecule has 0 bridgehead atoms. The lowest BCUT2D eigenvalue weighted by atomic mass is 10.5. The molecule has 0 spiro atoms. The number of fused-ring (bicyclic) bond motifs is 1. The highest BCUT2D eigenvalue weighted by Crippen LogP contribution is 2.15. The highest BCUT2D eigenvalue weighted by Gasteiger charge is 2.04. The molecule has 5 heteroatoms. The van der Waals surface area contributed by atoms with Crippen LogP contribution >= 0.6 is 0 Å². The largest absolute Gasteiger partial charge is 0.492 e. The number of hydrogen-bond donors (Lipinski definition) is 1. The van der Waals surface area contributed by atoms with E-state index in [1.807, 2.05) is 0 Å². The van der Waals surface area contributed by atoms with Gasteiger partial charge in [-0.1, -0.05) is 0 Å². The van der Waals surface area contributed by atoms with Crippen LogP contribution in [0.1, 0.15) is 5.82 Å². The van der Waals surface area contributed by atoms with Crippen LogP contribution in [0.15, 0.2) is 12.4 Å². The van der Waals surface area contributed by atoms with E-state index in [1.165, 1.54) is 12.4 Å². The highest BCUT2D eigenvalue weighted by atomic mass is 16.3. The van der Waals surface area contributed by atoms with Crippen LogP contribution in [-0.2, 0) is 0 Å². The van der Waals surface area contributed by atoms with Gasteiger partial charge in [0.15, 0.2) is 11.2 Å². The zero-order valence-electron chi connectivity index (χ0n) is 6.39. The van der Waals surface area contributed by atoms with Crippen LogP contribution in [0.4, 0.5) is 0 Å². The molecule has 0 fully saturated rings. The second kappa shape index (κ2) is 2.37. The Hall–Kier alpha value is -1.78. The van der Waals surface area contributed by atoms with Crippen molar-refractivity contribution in [2.75, 3.05) is 0 Å². The van der Waals surface area contributed by atoms with Gasteiger partial charge in [-0.05, 0) is 6.92 Å². The molecular weight excluding hydrogens is 156 g/mol. The second-order valence-electron chi connectivity index (χ2n) is 2.32. The predicted octanol–water partition coefficient (Wildman–Crippen LogP) is 0.434. The van der Waals surface area contributed by atoms with Gasteiger partial charge in [0.1, 0.15) is 5.82 Å². The Bertz CT molecular complexity index is 429. The van der Waals surface area contributed by atoms with E-state index in [1.54, 1.807) is 6.92 Å². The van der Waals surface area contributed by atoms with Crippen molar-refractivity contribution in [3.63, 3.8) is 0 Å². The fourth-order valence-electron chi connectivity index (χ4n) is 0.955. The van der Waals surface area contributed by atoms with Gasteiger partial charge in [-0.15, -0.1) is 0 Å². The van der Waals surface area contributed by atoms with Crippen LogP contribution in [-0.4, -0.2) is 25.0 Å². The third kappa shape index (κ3) is 0.952. The Balaban J connectivity index is 2.89. The molecular formula is C7H6N4O. The van der Waals surface area contributed by atoms with Crippen LogP contribution < -0.4 is 0 Å². The molecule has 12 heavy (non-hydrogen) atoms. The highest BCUT2D eigenvalue weighted by molar-refractivity contribution is 5.74. The van der Waals surface area contributed by atoms with E-state index in [-0.39, 0.29) is 5.88 Å². The maximum atomic E-state index is 9.30. The summed E-state index contributed by atoms with van der Waals surface area (Å²) in [5, 5.41) is 9.30. The number of aryl methyl sites for hydroxylation is 1. The molecule has 2 heterocycles. The average Bonchev–Trinajstić information content (AvgIpc) is 2.04. The zero-order valence-corrected chi connectivity index (χ0v) is 6.39. The molecule has 2 aromatic rings. The molecule has 60 valence electrons. The molecule has 0 atom stereocenters. The number of hydrogen-bond acceptors (Lipinski definition) is 5. The summed E-state index contributed by atoms with van der Waals surface area (Å²) in [5.41, 5.74) is 0.755. The Morgan fingerprint density at radius 2 is 1.92 bits per heavy atom. The summed E-state index contributed by atoms with van der Waals surface area (Å²) in [6.45, 7) is 1.69. The van der Waals surface area contributed by atoms with Gasteiger partial charge in [0.25, 0.3) is 0 Å². The average molecular weight is 162 g/mol. The zero-order chi connectivity index (χ0) is 8.55. The Morgan fingerprint density at radius 3 is 2.75 bits per heavy atom. The molecule has 0 saturated carbocycles. The van der Waals surface area contributed by atoms with Crippen LogP contribution in [0, 0.1) is 6.92 Å². The molecule has 0 aliphatic rings. The fourth-order valence-corrected chi connectivity index (χ4v) is 0.955. The summed E-state index contributed by atoms with van der Waals surface area (Å²) in [4.78, 5) is 15.5. The number of rotatable bonds is 0. The van der Waals surface area contributed by atoms with E-state index in [4.69, 9.17) is 0 Å². The van der Waals surface area contributed by atoms with Crippen molar-refractivity contribution < 1.29 is 5.11 Å². The molecule has 2 aromatic heterocycles. The van der Waals surface area contributed by atoms with Gasteiger partial charge < -0.3 is 5.11 Å². The lowest BCUT2D eigenvalue weighted by Crippen LogP contribution is -1.93. The van der Waals surface area contributed by atoms with Gasteiger partial charge in [0, 0.05) is 12.4 Å². The first kappa shape index (κ1) is 6.90. The first-order valence-electron chi connectivity index (χ1n) is 3.41. The maximum absolute atomic E-state index is 9.30. The summed E-state index contributed by atoms with van der Waals surface area (Å²) in [6.07, 6.45) is 3.01. The van der Waals surface area contributed by atoms with Gasteiger partial charge in [-0.25, -0.2) is 15.0 Å². The number of nitrogens with zero attached hydrogens (tertiary/aromatic N) is 4. The monoisotopic (exact) mass is 162 g/mol. The molecule has 5 nitrogen and oxygen atoms in total. The smallest absolute Gasteiger partial charge is 0.243 e. The predicted molar refractivity (Wildman–Crippen MR) is 41.5 cm³/mol. The van der Waals surface area contributed by atoms with Crippen molar-refractivity contribution in [3.8, 4) is 5.88 Å². The van der Waals surface area contributed by atoms with E-state index in [9.17, 15) is 5.11 Å². The van der Waals surface area contributed by atoms with Gasteiger partial charge in [-0.2, -0.15) is 4.98 Å². The Morgan fingerprint density at radius 1 is 1.17 bits per heavy atom. The summed E-state index contributed by atoms with van der Waals surface area (Å²) in [7, 11) is 0. The summed E-state index contributed by atoms with van der Waals surface area (Å²) >= 11 is 0. The van der Waals surface area contributed by atoms with E-state index < -0.39 is 0 Å². The topological polar surface area (TPSA) is 71.8 Å². The quantitative estimate of drug-likeness (QED) is 0.608. The van der Waals surface area contributed by atoms with Crippen molar-refractivity contribution in [1.82, 2.24) is 19.9 Å². The van der Waals surface area contributed by atoms with Gasteiger partial charge in [0.2, 0.25) is 5.88 Å². The lowest BCUT2D eigenvalue weighted by Gasteiger charge is -1.97. The first-order valence-corrected chi connectivity index (χ1v) is 3.41. The SMILES string of the molecule is Cc1nc(O)c2nccnc2n1. The minimum atomic E-state index is -0.120. The van der Waals surface area contributed by atoms with Gasteiger partial charge in [0.05, 0.1) is 0 Å². The molecule has 0 radical (unpaired) electrons. The molecule has 0 aliphatic heterocycles. The third-order valence-electron chi connectivity index (χ3n) is 1.43. The summed E-state index contributed by atoms with van der Waals surface area (Å²) in [5.74, 6) is 0.367. The van der Waals surface area contributed by atoms with Crippen molar-refractivity contribution >= 4 is 11.2 Å². The standard InChI is InChI=1S/C7H6N4O/c1-4-10-6-5(7(12)11-4)8-2-3-9-6/h2-3H,1H3,(H,9,10,11,12). The number of aromatic hydroxyl groups is 1. The molecule has 0 unspecified atom stereocenters. The minimum Gasteiger partial charge on any atom is -0.492 e. The van der Waals surface area contributed by atoms with Crippen LogP contribution in [0.5, 0.6) is 5.88 Å². The first-order chi connectivity index (χ1) is 5.77. The Kier molecular flexibility index (Phi) is 1.36. The fraction of sp³-hybridized carbons (Fsp3) is 0.143. The van der Waals surface area contributed by atoms with Gasteiger partial charge in [-0.3, -0.25) is 0 Å². The van der Waals surface area contributed by atoms with Crippen molar-refractivity contribution in [2.45, 2.75) is 6.92 Å². The minimum absolute atomic E-state index is 0.120. The van der Waals surface area contributed by atoms with E-state index in [0.29, 0.717) is 17.0 Å². The van der Waals surface area contributed by atoms with Crippen LogP contribution in [0.25, 0.3) is 11.2 Å². The van der Waals surface area contributed by atoms with Gasteiger partial charge >= 0.3 is 0 Å². The van der Waals surface area contributed by atoms with E-state index >= 15 is 0 Å². The van der Waals surface area contributed by atoms with Crippen molar-refractivity contribution in [2.24, 2.45) is 0 Å². The molecule has 0 saturated heterocycles. The molecule has 0 amide bonds. The van der Waals surface area contributed by atoms with Crippen LogP contribution in [0.2, 0.25) is 0 Å². The Labute approximate surface area is 68.2 Å². The molecule has 1 N–H and O–H groups in total. The molecule has 0 aromatic carbocycles. The van der Waals surface area contributed by atoms with Crippen molar-refractivity contribution in [1.29, 1.82) is 0 Å². The summed E-state index contributed by atoms with van der Waals surface area (Å²) < 4.78 is 0.